The van der Waals surface area contributed by atoms with E-state index in [0.717, 1.165) is 43.6 Å². The van der Waals surface area contributed by atoms with Crippen LogP contribution in [0.15, 0.2) is 35.6 Å². The number of allylic oxidation sites excluding steroid dienone is 5. The van der Waals surface area contributed by atoms with Crippen molar-refractivity contribution in [3.63, 3.8) is 0 Å². The summed E-state index contributed by atoms with van der Waals surface area (Å²) in [6, 6.07) is 0. The summed E-state index contributed by atoms with van der Waals surface area (Å²) < 4.78 is 0. The number of likely N-dealkylation sites (N-methyl/N-ethyl adjacent to an activating group) is 1. The van der Waals surface area contributed by atoms with E-state index in [1.54, 1.807) is 0 Å². The molecule has 1 atom stereocenters. The number of nitrogens with one attached hydrogen (secondary N) is 1. The van der Waals surface area contributed by atoms with Crippen molar-refractivity contribution in [3.05, 3.63) is 35.6 Å². The maximum absolute atomic E-state index is 12.4. The average Bonchev–Trinajstić information content (AvgIpc) is 2.78. The van der Waals surface area contributed by atoms with Gasteiger partial charge in [0, 0.05) is 31.3 Å². The standard InChI is InChI=1S/C17H28N2O.C2H6/c1-5-12-18-13-11-14(2)17(20)15-7-6-8-16(10-9-15)19(3)4;1-2/h7-10,14,18H,5-6,11-13H2,1-4H3;1-2H3. The Morgan fingerprint density at radius 3 is 2.50 bits per heavy atom. The van der Waals surface area contributed by atoms with Gasteiger partial charge in [0.2, 0.25) is 0 Å². The van der Waals surface area contributed by atoms with E-state index >= 15 is 0 Å². The van der Waals surface area contributed by atoms with E-state index in [-0.39, 0.29) is 11.7 Å². The normalized spacial score (nSPS) is 15.0. The highest BCUT2D eigenvalue weighted by molar-refractivity contribution is 5.99. The molecule has 0 spiro atoms. The fourth-order valence-corrected chi connectivity index (χ4v) is 2.17. The molecule has 1 rings (SSSR count). The molecule has 0 saturated carbocycles. The third kappa shape index (κ3) is 7.60. The second kappa shape index (κ2) is 12.2. The summed E-state index contributed by atoms with van der Waals surface area (Å²) in [4.78, 5) is 14.5. The van der Waals surface area contributed by atoms with Gasteiger partial charge in [-0.25, -0.2) is 0 Å². The number of carbonyl (C=O) groups is 1. The smallest absolute Gasteiger partial charge is 0.165 e. The van der Waals surface area contributed by atoms with Gasteiger partial charge in [0.05, 0.1) is 0 Å². The Bertz CT molecular complexity index is 406. The maximum atomic E-state index is 12.4. The fraction of sp³-hybridized carbons (Fsp3) is 0.632. The van der Waals surface area contributed by atoms with Crippen LogP contribution in [0.1, 0.15) is 47.0 Å². The number of nitrogens with zero attached hydrogens (tertiary/aromatic N) is 1. The van der Waals surface area contributed by atoms with Crippen LogP contribution in [-0.2, 0) is 4.79 Å². The molecule has 0 amide bonds. The van der Waals surface area contributed by atoms with Gasteiger partial charge in [-0.3, -0.25) is 4.79 Å². The average molecular weight is 306 g/mol. The third-order valence-electron chi connectivity index (χ3n) is 3.53. The quantitative estimate of drug-likeness (QED) is 0.689. The van der Waals surface area contributed by atoms with Crippen molar-refractivity contribution in [1.82, 2.24) is 10.2 Å². The maximum Gasteiger partial charge on any atom is 0.165 e. The van der Waals surface area contributed by atoms with E-state index in [1.165, 1.54) is 0 Å². The van der Waals surface area contributed by atoms with Gasteiger partial charge in [-0.2, -0.15) is 0 Å². The number of hydrogen-bond acceptors (Lipinski definition) is 3. The highest BCUT2D eigenvalue weighted by atomic mass is 16.1. The molecule has 0 saturated heterocycles. The molecule has 0 aromatic rings. The molecule has 0 aliphatic heterocycles. The van der Waals surface area contributed by atoms with Crippen LogP contribution in [0.3, 0.4) is 0 Å². The van der Waals surface area contributed by atoms with Gasteiger partial charge in [-0.05, 0) is 44.5 Å². The Hall–Kier alpha value is -1.35. The fourth-order valence-electron chi connectivity index (χ4n) is 2.17. The van der Waals surface area contributed by atoms with Gasteiger partial charge < -0.3 is 10.2 Å². The molecule has 3 nitrogen and oxygen atoms in total. The first-order valence-corrected chi connectivity index (χ1v) is 8.57. The molecule has 0 aromatic heterocycles. The molecule has 0 bridgehead atoms. The summed E-state index contributed by atoms with van der Waals surface area (Å²) in [6.07, 6.45) is 11.0. The van der Waals surface area contributed by atoms with Crippen LogP contribution >= 0.6 is 0 Å². The minimum atomic E-state index is 0.0798. The van der Waals surface area contributed by atoms with Crippen molar-refractivity contribution in [2.45, 2.75) is 47.0 Å². The first-order valence-electron chi connectivity index (χ1n) is 8.57. The van der Waals surface area contributed by atoms with E-state index in [4.69, 9.17) is 0 Å². The van der Waals surface area contributed by atoms with Crippen molar-refractivity contribution < 1.29 is 4.79 Å². The molecule has 1 N–H and O–H groups in total. The summed E-state index contributed by atoms with van der Waals surface area (Å²) in [5, 5.41) is 3.35. The zero-order chi connectivity index (χ0) is 17.0. The number of Topliss-reactive ketones (excluding diaryl/α,β-unsaturated/α-hetero) is 1. The Morgan fingerprint density at radius 1 is 1.23 bits per heavy atom. The molecular weight excluding hydrogens is 272 g/mol. The van der Waals surface area contributed by atoms with E-state index in [1.807, 2.05) is 53.1 Å². The molecule has 1 aliphatic rings. The van der Waals surface area contributed by atoms with Crippen LogP contribution in [0, 0.1) is 5.92 Å². The Labute approximate surface area is 137 Å². The van der Waals surface area contributed by atoms with Crippen molar-refractivity contribution in [2.24, 2.45) is 5.92 Å². The highest BCUT2D eigenvalue weighted by Crippen LogP contribution is 2.17. The first-order chi connectivity index (χ1) is 10.6. The highest BCUT2D eigenvalue weighted by Gasteiger charge is 2.16. The summed E-state index contributed by atoms with van der Waals surface area (Å²) in [6.45, 7) is 10.1. The second-order valence-electron chi connectivity index (χ2n) is 5.56. The minimum absolute atomic E-state index is 0.0798. The number of hydrogen-bond donors (Lipinski definition) is 1. The van der Waals surface area contributed by atoms with Gasteiger partial charge in [-0.1, -0.05) is 39.8 Å². The van der Waals surface area contributed by atoms with Crippen LogP contribution in [0.4, 0.5) is 0 Å². The molecule has 1 unspecified atom stereocenters. The topological polar surface area (TPSA) is 32.3 Å². The molecule has 3 heteroatoms. The Balaban J connectivity index is 0.00000211. The largest absolute Gasteiger partial charge is 0.378 e. The number of carbonyl (C=O) groups excluding carboxylic acids is 1. The van der Waals surface area contributed by atoms with Crippen LogP contribution in [0.2, 0.25) is 0 Å². The van der Waals surface area contributed by atoms with Crippen molar-refractivity contribution in [3.8, 4) is 0 Å². The van der Waals surface area contributed by atoms with Crippen molar-refractivity contribution in [1.29, 1.82) is 0 Å². The van der Waals surface area contributed by atoms with Gasteiger partial charge in [0.15, 0.2) is 5.78 Å². The van der Waals surface area contributed by atoms with Crippen LogP contribution in [0.25, 0.3) is 0 Å². The van der Waals surface area contributed by atoms with Crippen LogP contribution in [0.5, 0.6) is 0 Å². The van der Waals surface area contributed by atoms with E-state index in [0.29, 0.717) is 0 Å². The number of ketones is 1. The van der Waals surface area contributed by atoms with E-state index < -0.39 is 0 Å². The molecule has 1 aliphatic carbocycles. The molecule has 126 valence electrons. The summed E-state index contributed by atoms with van der Waals surface area (Å²) in [5.74, 6) is 0.337. The predicted octanol–water partition coefficient (Wildman–Crippen LogP) is 3.94. The van der Waals surface area contributed by atoms with Gasteiger partial charge in [0.1, 0.15) is 0 Å². The molecule has 0 radical (unpaired) electrons. The molecule has 0 fully saturated rings. The molecular formula is C19H34N2O. The molecule has 22 heavy (non-hydrogen) atoms. The van der Waals surface area contributed by atoms with Crippen LogP contribution < -0.4 is 5.32 Å². The second-order valence-corrected chi connectivity index (χ2v) is 5.56. The lowest BCUT2D eigenvalue weighted by atomic mass is 9.95. The lowest BCUT2D eigenvalue weighted by Gasteiger charge is -2.13. The zero-order valence-corrected chi connectivity index (χ0v) is 15.3. The van der Waals surface area contributed by atoms with E-state index in [2.05, 4.69) is 23.2 Å². The summed E-state index contributed by atoms with van der Waals surface area (Å²) >= 11 is 0. The summed E-state index contributed by atoms with van der Waals surface area (Å²) in [5.41, 5.74) is 2.00. The zero-order valence-electron chi connectivity index (χ0n) is 15.3. The third-order valence-corrected chi connectivity index (χ3v) is 3.53. The van der Waals surface area contributed by atoms with Gasteiger partial charge in [-0.15, -0.1) is 0 Å². The number of rotatable bonds is 8. The lowest BCUT2D eigenvalue weighted by molar-refractivity contribution is -0.118. The van der Waals surface area contributed by atoms with E-state index in [9.17, 15) is 4.79 Å². The minimum Gasteiger partial charge on any atom is -0.378 e. The molecule has 0 heterocycles. The van der Waals surface area contributed by atoms with Crippen LogP contribution in [-0.4, -0.2) is 37.9 Å². The Kier molecular flexibility index (Phi) is 11.5. The SMILES string of the molecule is CC.CCCNCCC(C)C(=O)C1=CCC=C(N(C)C)C=C1. The predicted molar refractivity (Wildman–Crippen MR) is 96.9 cm³/mol. The lowest BCUT2D eigenvalue weighted by Crippen LogP contribution is -2.22. The summed E-state index contributed by atoms with van der Waals surface area (Å²) in [7, 11) is 4.04. The van der Waals surface area contributed by atoms with Crippen molar-refractivity contribution >= 4 is 5.78 Å². The monoisotopic (exact) mass is 306 g/mol. The first kappa shape index (κ1) is 20.6. The van der Waals surface area contributed by atoms with Gasteiger partial charge >= 0.3 is 0 Å². The molecule has 0 aromatic carbocycles. The van der Waals surface area contributed by atoms with Gasteiger partial charge in [0.25, 0.3) is 0 Å². The van der Waals surface area contributed by atoms with Crippen molar-refractivity contribution in [2.75, 3.05) is 27.2 Å². The Morgan fingerprint density at radius 2 is 1.91 bits per heavy atom.